The van der Waals surface area contributed by atoms with Crippen LogP contribution in [0.2, 0.25) is 0 Å². The summed E-state index contributed by atoms with van der Waals surface area (Å²) in [6, 6.07) is 8.20. The van der Waals surface area contributed by atoms with Crippen LogP contribution in [0.1, 0.15) is 69.6 Å². The zero-order valence-corrected chi connectivity index (χ0v) is 22.0. The minimum atomic E-state index is -5.12. The highest BCUT2D eigenvalue weighted by molar-refractivity contribution is 7.92. The molecular formula is C28H33F5O3S. The molecule has 0 heterocycles. The SMILES string of the molecule is CC(C)(CO)CC[C@@H]1CC[C@@]2(S(=O)(=O)c3ccc(F)cc3)c3ccc(C(C)(F)C(F)(F)F)cc3CC[C@@H]12. The van der Waals surface area contributed by atoms with Crippen LogP contribution >= 0.6 is 0 Å². The van der Waals surface area contributed by atoms with Gasteiger partial charge >= 0.3 is 6.18 Å². The van der Waals surface area contributed by atoms with Crippen LogP contribution in [0, 0.1) is 23.1 Å². The number of rotatable bonds is 7. The van der Waals surface area contributed by atoms with Gasteiger partial charge in [0.15, 0.2) is 9.84 Å². The molecule has 0 aromatic heterocycles. The van der Waals surface area contributed by atoms with Gasteiger partial charge in [0.1, 0.15) is 10.6 Å². The predicted molar refractivity (Wildman–Crippen MR) is 131 cm³/mol. The average Bonchev–Trinajstić information content (AvgIpc) is 3.23. The van der Waals surface area contributed by atoms with E-state index in [4.69, 9.17) is 0 Å². The fourth-order valence-corrected chi connectivity index (χ4v) is 8.75. The van der Waals surface area contributed by atoms with E-state index in [2.05, 4.69) is 0 Å². The van der Waals surface area contributed by atoms with Gasteiger partial charge in [0.2, 0.25) is 5.67 Å². The van der Waals surface area contributed by atoms with Crippen LogP contribution < -0.4 is 0 Å². The highest BCUT2D eigenvalue weighted by Gasteiger charge is 2.60. The molecule has 4 atom stereocenters. The summed E-state index contributed by atoms with van der Waals surface area (Å²) >= 11 is 0. The molecule has 1 fully saturated rings. The lowest BCUT2D eigenvalue weighted by Crippen LogP contribution is -2.45. The third-order valence-corrected chi connectivity index (χ3v) is 11.2. The molecule has 4 rings (SSSR count). The Morgan fingerprint density at radius 2 is 1.65 bits per heavy atom. The second-order valence-corrected chi connectivity index (χ2v) is 13.7. The molecule has 204 valence electrons. The van der Waals surface area contributed by atoms with Crippen LogP contribution in [-0.2, 0) is 26.7 Å². The topological polar surface area (TPSA) is 54.4 Å². The van der Waals surface area contributed by atoms with E-state index in [0.717, 1.165) is 18.2 Å². The molecule has 2 aliphatic rings. The van der Waals surface area contributed by atoms with E-state index in [1.807, 2.05) is 13.8 Å². The number of aryl methyl sites for hydroxylation is 1. The van der Waals surface area contributed by atoms with Crippen molar-refractivity contribution in [2.45, 2.75) is 80.8 Å². The summed E-state index contributed by atoms with van der Waals surface area (Å²) < 4.78 is 95.9. The summed E-state index contributed by atoms with van der Waals surface area (Å²) in [5.41, 5.74) is -3.63. The van der Waals surface area contributed by atoms with Gasteiger partial charge in [-0.3, -0.25) is 0 Å². The molecule has 2 aromatic rings. The molecule has 9 heteroatoms. The first-order valence-electron chi connectivity index (χ1n) is 12.6. The van der Waals surface area contributed by atoms with Gasteiger partial charge in [-0.2, -0.15) is 13.2 Å². The van der Waals surface area contributed by atoms with Crippen molar-refractivity contribution in [2.24, 2.45) is 17.3 Å². The maximum atomic E-state index is 14.8. The first kappa shape index (κ1) is 28.0. The van der Waals surface area contributed by atoms with Crippen LogP contribution in [0.3, 0.4) is 0 Å². The van der Waals surface area contributed by atoms with Crippen molar-refractivity contribution in [3.63, 3.8) is 0 Å². The second-order valence-electron chi connectivity index (χ2n) is 11.5. The molecule has 0 aliphatic heterocycles. The summed E-state index contributed by atoms with van der Waals surface area (Å²) in [6.45, 7) is 4.35. The van der Waals surface area contributed by atoms with Crippen molar-refractivity contribution in [1.82, 2.24) is 0 Å². The van der Waals surface area contributed by atoms with Gasteiger partial charge in [-0.1, -0.05) is 32.0 Å². The molecule has 0 saturated heterocycles. The first-order chi connectivity index (χ1) is 17.1. The largest absolute Gasteiger partial charge is 0.426 e. The number of halogens is 5. The average molecular weight is 545 g/mol. The Morgan fingerprint density at radius 1 is 1.00 bits per heavy atom. The van der Waals surface area contributed by atoms with Crippen molar-refractivity contribution >= 4 is 9.84 Å². The zero-order chi connectivity index (χ0) is 27.4. The predicted octanol–water partition coefficient (Wildman–Crippen LogP) is 7.01. The van der Waals surface area contributed by atoms with Gasteiger partial charge in [0.25, 0.3) is 0 Å². The molecule has 2 aliphatic carbocycles. The van der Waals surface area contributed by atoms with E-state index in [1.54, 1.807) is 0 Å². The Morgan fingerprint density at radius 3 is 2.24 bits per heavy atom. The molecular weight excluding hydrogens is 511 g/mol. The number of hydrogen-bond donors (Lipinski definition) is 1. The molecule has 0 bridgehead atoms. The normalized spacial score (nSPS) is 25.9. The van der Waals surface area contributed by atoms with Gasteiger partial charge in [0, 0.05) is 6.61 Å². The van der Waals surface area contributed by atoms with Crippen LogP contribution in [0.25, 0.3) is 0 Å². The van der Waals surface area contributed by atoms with Crippen LogP contribution in [0.5, 0.6) is 0 Å². The summed E-state index contributed by atoms with van der Waals surface area (Å²) in [4.78, 5) is -0.0437. The quantitative estimate of drug-likeness (QED) is 0.301. The van der Waals surface area contributed by atoms with Gasteiger partial charge in [-0.25, -0.2) is 17.2 Å². The Bertz CT molecular complexity index is 1250. The number of benzene rings is 2. The number of aliphatic hydroxyl groups excluding tert-OH is 1. The molecule has 3 nitrogen and oxygen atoms in total. The standard InChI is InChI=1S/C28H33F5O3S/c1-25(2,17-34)14-12-18-13-15-27(37(35,36)22-8-6-21(29)7-9-22)23(18)10-4-19-16-20(5-11-24(19)27)26(3,30)28(31,32)33/h5-9,11,16,18,23,34H,4,10,12-15,17H2,1-3H3/t18-,23+,26?,27+/m1/s1. The minimum Gasteiger partial charge on any atom is -0.396 e. The third-order valence-electron chi connectivity index (χ3n) is 8.64. The van der Waals surface area contributed by atoms with E-state index >= 15 is 0 Å². The Hall–Kier alpha value is -2.00. The monoisotopic (exact) mass is 544 g/mol. The molecule has 0 radical (unpaired) electrons. The highest BCUT2D eigenvalue weighted by atomic mass is 32.2. The van der Waals surface area contributed by atoms with Crippen LogP contribution in [0.15, 0.2) is 47.4 Å². The first-order valence-corrected chi connectivity index (χ1v) is 14.1. The zero-order valence-electron chi connectivity index (χ0n) is 21.2. The summed E-state index contributed by atoms with van der Waals surface area (Å²) in [5.74, 6) is -0.864. The summed E-state index contributed by atoms with van der Waals surface area (Å²) in [5, 5.41) is 9.69. The lowest BCUT2D eigenvalue weighted by molar-refractivity contribution is -0.228. The molecule has 2 aromatic carbocycles. The van der Waals surface area contributed by atoms with Crippen molar-refractivity contribution in [2.75, 3.05) is 6.61 Å². The van der Waals surface area contributed by atoms with E-state index in [1.165, 1.54) is 24.3 Å². The Labute approximate surface area is 215 Å². The highest BCUT2D eigenvalue weighted by Crippen LogP contribution is 2.60. The molecule has 37 heavy (non-hydrogen) atoms. The summed E-state index contributed by atoms with van der Waals surface area (Å²) in [7, 11) is -4.09. The Kier molecular flexibility index (Phi) is 7.06. The second kappa shape index (κ2) is 9.33. The van der Waals surface area contributed by atoms with Crippen LogP contribution in [-0.4, -0.2) is 26.3 Å². The number of aliphatic hydroxyl groups is 1. The van der Waals surface area contributed by atoms with Crippen molar-refractivity contribution in [3.05, 3.63) is 65.0 Å². The maximum Gasteiger partial charge on any atom is 0.426 e. The fraction of sp³-hybridized carbons (Fsp3) is 0.571. The van der Waals surface area contributed by atoms with E-state index < -0.39 is 37.8 Å². The number of fused-ring (bicyclic) bond motifs is 3. The van der Waals surface area contributed by atoms with Crippen molar-refractivity contribution < 1.29 is 35.5 Å². The number of alkyl halides is 4. The van der Waals surface area contributed by atoms with E-state index in [9.17, 15) is 35.5 Å². The van der Waals surface area contributed by atoms with E-state index in [0.29, 0.717) is 50.2 Å². The van der Waals surface area contributed by atoms with Gasteiger partial charge in [-0.05, 0) is 104 Å². The van der Waals surface area contributed by atoms with Crippen molar-refractivity contribution in [1.29, 1.82) is 0 Å². The molecule has 0 amide bonds. The van der Waals surface area contributed by atoms with Gasteiger partial charge < -0.3 is 5.11 Å². The van der Waals surface area contributed by atoms with E-state index in [-0.39, 0.29) is 35.2 Å². The molecule has 0 spiro atoms. The lowest BCUT2D eigenvalue weighted by Gasteiger charge is -2.43. The minimum absolute atomic E-state index is 0.00375. The smallest absolute Gasteiger partial charge is 0.396 e. The van der Waals surface area contributed by atoms with Gasteiger partial charge in [0.05, 0.1) is 4.90 Å². The van der Waals surface area contributed by atoms with Gasteiger partial charge in [-0.15, -0.1) is 0 Å². The lowest BCUT2D eigenvalue weighted by atomic mass is 9.71. The maximum absolute atomic E-state index is 14.8. The number of sulfone groups is 1. The number of hydrogen-bond acceptors (Lipinski definition) is 3. The molecule has 1 unspecified atom stereocenters. The van der Waals surface area contributed by atoms with Crippen LogP contribution in [0.4, 0.5) is 22.0 Å². The third kappa shape index (κ3) is 4.60. The Balaban J connectivity index is 1.85. The molecule has 1 saturated carbocycles. The molecule has 1 N–H and O–H groups in total. The van der Waals surface area contributed by atoms with Crippen molar-refractivity contribution in [3.8, 4) is 0 Å². The fourth-order valence-electron chi connectivity index (χ4n) is 6.25. The summed E-state index contributed by atoms with van der Waals surface area (Å²) in [6.07, 6.45) is -2.11.